The molecule has 1 aromatic carbocycles. The van der Waals surface area contributed by atoms with E-state index in [1.807, 2.05) is 30.3 Å². The zero-order chi connectivity index (χ0) is 21.0. The zero-order valence-corrected chi connectivity index (χ0v) is 16.5. The molecule has 0 saturated carbocycles. The van der Waals surface area contributed by atoms with E-state index < -0.39 is 48.5 Å². The van der Waals surface area contributed by atoms with Crippen LogP contribution in [-0.4, -0.2) is 60.1 Å². The van der Waals surface area contributed by atoms with E-state index in [0.29, 0.717) is 6.54 Å². The Bertz CT molecular complexity index is 745. The summed E-state index contributed by atoms with van der Waals surface area (Å²) in [6.07, 6.45) is -3.16. The Morgan fingerprint density at radius 3 is 2.28 bits per heavy atom. The van der Waals surface area contributed by atoms with Crippen LogP contribution in [-0.2, 0) is 39.9 Å². The number of hydrogen-bond acceptors (Lipinski definition) is 10. The molecule has 10 heteroatoms. The quantitative estimate of drug-likeness (QED) is 0.494. The highest BCUT2D eigenvalue weighted by Crippen LogP contribution is 2.30. The van der Waals surface area contributed by atoms with Crippen LogP contribution in [0.2, 0.25) is 0 Å². The second-order valence-corrected chi connectivity index (χ2v) is 6.91. The Hall–Kier alpha value is -2.53. The van der Waals surface area contributed by atoms with Crippen LogP contribution in [0.25, 0.3) is 0 Å². The topological polar surface area (TPSA) is 115 Å². The first-order valence-corrected chi connectivity index (χ1v) is 9.30. The predicted molar refractivity (Wildman–Crippen MR) is 98.4 cm³/mol. The number of carbonyl (C=O) groups excluding carboxylic acids is 3. The van der Waals surface area contributed by atoms with E-state index >= 15 is 0 Å². The average molecular weight is 407 g/mol. The van der Waals surface area contributed by atoms with Crippen molar-refractivity contribution in [1.82, 2.24) is 16.0 Å². The zero-order valence-electron chi connectivity index (χ0n) is 16.5. The molecule has 29 heavy (non-hydrogen) atoms. The minimum Gasteiger partial charge on any atom is -0.463 e. The van der Waals surface area contributed by atoms with Gasteiger partial charge in [-0.05, 0) is 5.56 Å². The third kappa shape index (κ3) is 5.30. The fourth-order valence-electron chi connectivity index (χ4n) is 3.47. The minimum absolute atomic E-state index is 0.145. The van der Waals surface area contributed by atoms with Crippen LogP contribution < -0.4 is 11.0 Å². The number of nitrogens with one attached hydrogen (secondary N) is 2. The van der Waals surface area contributed by atoms with Gasteiger partial charge in [0.2, 0.25) is 0 Å². The van der Waals surface area contributed by atoms with Crippen molar-refractivity contribution in [3.05, 3.63) is 35.9 Å². The molecule has 1 aromatic rings. The van der Waals surface area contributed by atoms with Gasteiger partial charge in [0.05, 0.1) is 0 Å². The summed E-state index contributed by atoms with van der Waals surface area (Å²) in [5, 5.41) is 1.81. The normalized spacial score (nSPS) is 29.0. The lowest BCUT2D eigenvalue weighted by Gasteiger charge is -2.43. The number of carbonyl (C=O) groups is 3. The first-order valence-electron chi connectivity index (χ1n) is 9.30. The van der Waals surface area contributed by atoms with E-state index in [-0.39, 0.29) is 6.61 Å². The number of hydrazine groups is 2. The van der Waals surface area contributed by atoms with Crippen molar-refractivity contribution in [1.29, 1.82) is 0 Å². The molecule has 0 spiro atoms. The van der Waals surface area contributed by atoms with Gasteiger partial charge in [-0.15, -0.1) is 0 Å². The number of rotatable bonds is 6. The molecule has 2 heterocycles. The van der Waals surface area contributed by atoms with Crippen LogP contribution in [0.1, 0.15) is 26.3 Å². The van der Waals surface area contributed by atoms with E-state index in [2.05, 4.69) is 11.0 Å². The highest BCUT2D eigenvalue weighted by molar-refractivity contribution is 5.68. The smallest absolute Gasteiger partial charge is 0.303 e. The number of fused-ring (bicyclic) bond motifs is 1. The fourth-order valence-corrected chi connectivity index (χ4v) is 3.47. The molecule has 0 radical (unpaired) electrons. The van der Waals surface area contributed by atoms with Crippen LogP contribution in [0.4, 0.5) is 0 Å². The molecule has 2 N–H and O–H groups in total. The van der Waals surface area contributed by atoms with Crippen LogP contribution in [0.3, 0.4) is 0 Å². The first kappa shape index (κ1) is 21.2. The van der Waals surface area contributed by atoms with Crippen molar-refractivity contribution in [3.63, 3.8) is 0 Å². The molecule has 158 valence electrons. The highest BCUT2D eigenvalue weighted by Gasteiger charge is 2.54. The van der Waals surface area contributed by atoms with Crippen molar-refractivity contribution >= 4 is 17.9 Å². The summed E-state index contributed by atoms with van der Waals surface area (Å²) in [4.78, 5) is 34.7. The first-order chi connectivity index (χ1) is 13.8. The molecule has 0 bridgehead atoms. The number of hydrogen-bond donors (Lipinski definition) is 2. The van der Waals surface area contributed by atoms with Gasteiger partial charge in [-0.1, -0.05) is 30.3 Å². The molecule has 2 aliphatic rings. The Kier molecular flexibility index (Phi) is 6.80. The van der Waals surface area contributed by atoms with Gasteiger partial charge < -0.3 is 18.9 Å². The molecule has 2 saturated heterocycles. The fraction of sp³-hybridized carbons (Fsp3) is 0.526. The van der Waals surface area contributed by atoms with Crippen LogP contribution in [0, 0.1) is 0 Å². The monoisotopic (exact) mass is 407 g/mol. The minimum atomic E-state index is -0.942. The summed E-state index contributed by atoms with van der Waals surface area (Å²) in [5.41, 5.74) is 7.11. The van der Waals surface area contributed by atoms with Gasteiger partial charge in [-0.3, -0.25) is 14.4 Å². The second-order valence-electron chi connectivity index (χ2n) is 6.91. The molecule has 2 fully saturated rings. The molecule has 3 rings (SSSR count). The lowest BCUT2D eigenvalue weighted by molar-refractivity contribution is -0.236. The summed E-state index contributed by atoms with van der Waals surface area (Å²) in [6, 6.07) is 9.22. The standard InChI is InChI=1S/C19H25N3O7/c1-11(23)26-10-15-17(27-12(2)24)18(28-13(3)25)16-19(29-15)22(21-20-16)9-14-7-5-4-6-8-14/h4-8,15-21H,9-10H2,1-3H3/t15-,16-,17-,18-,19+/m1/s1. The van der Waals surface area contributed by atoms with Crippen molar-refractivity contribution in [3.8, 4) is 0 Å². The van der Waals surface area contributed by atoms with Gasteiger partial charge in [0.25, 0.3) is 0 Å². The van der Waals surface area contributed by atoms with E-state index in [4.69, 9.17) is 18.9 Å². The summed E-state index contributed by atoms with van der Waals surface area (Å²) < 4.78 is 22.1. The van der Waals surface area contributed by atoms with Gasteiger partial charge >= 0.3 is 17.9 Å². The van der Waals surface area contributed by atoms with Gasteiger partial charge in [0, 0.05) is 27.3 Å². The van der Waals surface area contributed by atoms with E-state index in [0.717, 1.165) is 5.56 Å². The second kappa shape index (κ2) is 9.31. The maximum atomic E-state index is 11.7. The molecule has 5 atom stereocenters. The van der Waals surface area contributed by atoms with E-state index in [1.165, 1.54) is 20.8 Å². The molecular formula is C19H25N3O7. The summed E-state index contributed by atoms with van der Waals surface area (Å²) >= 11 is 0. The van der Waals surface area contributed by atoms with Gasteiger partial charge in [0.15, 0.2) is 12.2 Å². The number of ether oxygens (including phenoxy) is 4. The van der Waals surface area contributed by atoms with Gasteiger partial charge in [0.1, 0.15) is 25.0 Å². The van der Waals surface area contributed by atoms with Crippen molar-refractivity contribution < 1.29 is 33.3 Å². The number of nitrogens with zero attached hydrogens (tertiary/aromatic N) is 1. The summed E-state index contributed by atoms with van der Waals surface area (Å²) in [5.74, 6) is -1.58. The highest BCUT2D eigenvalue weighted by atomic mass is 16.6. The lowest BCUT2D eigenvalue weighted by atomic mass is 9.96. The Morgan fingerprint density at radius 1 is 1.00 bits per heavy atom. The van der Waals surface area contributed by atoms with Crippen molar-refractivity contribution in [2.45, 2.75) is 57.9 Å². The maximum absolute atomic E-state index is 11.7. The van der Waals surface area contributed by atoms with Crippen molar-refractivity contribution in [2.75, 3.05) is 6.61 Å². The predicted octanol–water partition coefficient (Wildman–Crippen LogP) is 0.0314. The van der Waals surface area contributed by atoms with Gasteiger partial charge in [-0.2, -0.15) is 10.5 Å². The van der Waals surface area contributed by atoms with Crippen molar-refractivity contribution in [2.24, 2.45) is 0 Å². The Labute approximate surface area is 168 Å². The summed E-state index contributed by atoms with van der Waals surface area (Å²) in [6.45, 7) is 4.16. The lowest BCUT2D eigenvalue weighted by Crippen LogP contribution is -2.64. The van der Waals surface area contributed by atoms with Crippen LogP contribution in [0.5, 0.6) is 0 Å². The number of benzene rings is 1. The average Bonchev–Trinajstić information content (AvgIpc) is 3.04. The molecule has 2 aliphatic heterocycles. The molecule has 0 aromatic heterocycles. The third-order valence-corrected chi connectivity index (χ3v) is 4.60. The largest absolute Gasteiger partial charge is 0.463 e. The maximum Gasteiger partial charge on any atom is 0.303 e. The third-order valence-electron chi connectivity index (χ3n) is 4.60. The summed E-state index contributed by atoms with van der Waals surface area (Å²) in [7, 11) is 0. The van der Waals surface area contributed by atoms with E-state index in [1.54, 1.807) is 5.01 Å². The molecule has 0 aliphatic carbocycles. The Balaban J connectivity index is 1.84. The van der Waals surface area contributed by atoms with E-state index in [9.17, 15) is 14.4 Å². The van der Waals surface area contributed by atoms with Crippen LogP contribution in [0.15, 0.2) is 30.3 Å². The molecule has 0 unspecified atom stereocenters. The Morgan fingerprint density at radius 2 is 1.66 bits per heavy atom. The van der Waals surface area contributed by atoms with Crippen LogP contribution >= 0.6 is 0 Å². The SMILES string of the molecule is CC(=O)OC[C@H]1O[C@H]2[C@H](NNN2Cc2ccccc2)[C@@H](OC(C)=O)[C@@H]1OC(C)=O. The molecule has 10 nitrogen and oxygen atoms in total. The van der Waals surface area contributed by atoms with Gasteiger partial charge in [-0.25, -0.2) is 5.43 Å². The number of esters is 3. The molecule has 0 amide bonds. The molecular weight excluding hydrogens is 382 g/mol.